The second kappa shape index (κ2) is 13.6. The minimum Gasteiger partial charge on any atom is -0.490 e. The van der Waals surface area contributed by atoms with Crippen LogP contribution in [0.1, 0.15) is 56.8 Å². The van der Waals surface area contributed by atoms with Gasteiger partial charge in [0.25, 0.3) is 11.8 Å². The molecule has 1 saturated carbocycles. The molecule has 4 aromatic carbocycles. The van der Waals surface area contributed by atoms with Crippen LogP contribution in [0.2, 0.25) is 0 Å². The number of carbonyl (C=O) groups is 3. The largest absolute Gasteiger partial charge is 0.490 e. The first kappa shape index (κ1) is 29.2. The van der Waals surface area contributed by atoms with Gasteiger partial charge in [0.1, 0.15) is 17.2 Å². The lowest BCUT2D eigenvalue weighted by atomic mass is 9.92. The average Bonchev–Trinajstić information content (AvgIpc) is 3.03. The Morgan fingerprint density at radius 3 is 1.86 bits per heavy atom. The average molecular weight is 580 g/mol. The number of rotatable bonds is 10. The summed E-state index contributed by atoms with van der Waals surface area (Å²) in [6, 6.07) is 27.8. The number of benzene rings is 4. The number of hydrogen-bond donors (Lipinski definition) is 4. The second-order valence-corrected chi connectivity index (χ2v) is 10.3. The van der Waals surface area contributed by atoms with Crippen molar-refractivity contribution >= 4 is 29.2 Å². The first-order valence-electron chi connectivity index (χ1n) is 14.2. The van der Waals surface area contributed by atoms with Crippen molar-refractivity contribution in [3.05, 3.63) is 114 Å². The minimum absolute atomic E-state index is 0.0201. The standard InChI is InChI=1S/C34H33N3O6/c1-35-30-8-4-2-6-28(30)33(39)36-23-12-16-25(17-13-23)43-27-20-18-26(19-21-27)42-24-14-10-22(11-15-24)32(38)37-31-9-5-3-7-29(31)34(40)41/h2-11,14-15,18-21,23,25,35H,12-13,16-17H2,1H3,(H,36,39)(H,37,38)(H,40,41). The fraction of sp³-hybridized carbons (Fsp3) is 0.206. The van der Waals surface area contributed by atoms with Crippen molar-refractivity contribution in [1.29, 1.82) is 0 Å². The molecule has 0 radical (unpaired) electrons. The highest BCUT2D eigenvalue weighted by Gasteiger charge is 2.24. The lowest BCUT2D eigenvalue weighted by Gasteiger charge is -2.29. The maximum absolute atomic E-state index is 12.7. The molecule has 0 saturated heterocycles. The molecule has 220 valence electrons. The van der Waals surface area contributed by atoms with E-state index in [0.717, 1.165) is 37.1 Å². The quantitative estimate of drug-likeness (QED) is 0.167. The fourth-order valence-corrected chi connectivity index (χ4v) is 5.05. The molecule has 0 aliphatic heterocycles. The molecule has 9 heteroatoms. The summed E-state index contributed by atoms with van der Waals surface area (Å²) >= 11 is 0. The Kier molecular flexibility index (Phi) is 9.21. The van der Waals surface area contributed by atoms with Crippen LogP contribution < -0.4 is 25.4 Å². The molecule has 1 aliphatic carbocycles. The van der Waals surface area contributed by atoms with E-state index < -0.39 is 11.9 Å². The number of nitrogens with one attached hydrogen (secondary N) is 3. The van der Waals surface area contributed by atoms with Gasteiger partial charge < -0.3 is 30.5 Å². The summed E-state index contributed by atoms with van der Waals surface area (Å²) in [7, 11) is 1.81. The van der Waals surface area contributed by atoms with Crippen LogP contribution in [0, 0.1) is 0 Å². The molecule has 0 aromatic heterocycles. The maximum Gasteiger partial charge on any atom is 0.337 e. The molecule has 4 N–H and O–H groups in total. The smallest absolute Gasteiger partial charge is 0.337 e. The van der Waals surface area contributed by atoms with Crippen LogP contribution in [0.3, 0.4) is 0 Å². The van der Waals surface area contributed by atoms with Gasteiger partial charge in [-0.25, -0.2) is 4.79 Å². The topological polar surface area (TPSA) is 126 Å². The Morgan fingerprint density at radius 1 is 0.674 bits per heavy atom. The lowest BCUT2D eigenvalue weighted by molar-refractivity contribution is 0.0697. The summed E-state index contributed by atoms with van der Waals surface area (Å²) in [4.78, 5) is 36.8. The maximum atomic E-state index is 12.7. The summed E-state index contributed by atoms with van der Waals surface area (Å²) < 4.78 is 12.1. The number of anilines is 2. The lowest BCUT2D eigenvalue weighted by Crippen LogP contribution is -2.39. The number of carboxylic acid groups (broad SMARTS) is 1. The molecule has 9 nitrogen and oxygen atoms in total. The molecule has 1 aliphatic rings. The third-order valence-electron chi connectivity index (χ3n) is 7.33. The van der Waals surface area contributed by atoms with Gasteiger partial charge in [-0.1, -0.05) is 24.3 Å². The van der Waals surface area contributed by atoms with E-state index in [1.54, 1.807) is 42.5 Å². The van der Waals surface area contributed by atoms with Crippen LogP contribution in [-0.4, -0.2) is 42.1 Å². The minimum atomic E-state index is -1.11. The summed E-state index contributed by atoms with van der Waals surface area (Å²) in [5, 5.41) is 18.2. The fourth-order valence-electron chi connectivity index (χ4n) is 5.05. The van der Waals surface area contributed by atoms with Crippen molar-refractivity contribution in [2.24, 2.45) is 0 Å². The monoisotopic (exact) mass is 579 g/mol. The normalized spacial score (nSPS) is 16.0. The Labute approximate surface area is 249 Å². The molecule has 5 rings (SSSR count). The summed E-state index contributed by atoms with van der Waals surface area (Å²) in [5.74, 6) is 0.316. The predicted octanol–water partition coefficient (Wildman–Crippen LogP) is 6.59. The van der Waals surface area contributed by atoms with Gasteiger partial charge in [0.05, 0.1) is 22.9 Å². The van der Waals surface area contributed by atoms with Crippen LogP contribution in [0.15, 0.2) is 97.1 Å². The highest BCUT2D eigenvalue weighted by molar-refractivity contribution is 6.07. The molecular formula is C34H33N3O6. The van der Waals surface area contributed by atoms with E-state index >= 15 is 0 Å². The molecule has 43 heavy (non-hydrogen) atoms. The third-order valence-corrected chi connectivity index (χ3v) is 7.33. The van der Waals surface area contributed by atoms with E-state index in [2.05, 4.69) is 16.0 Å². The van der Waals surface area contributed by atoms with Gasteiger partial charge in [-0.05, 0) is 98.5 Å². The Bertz CT molecular complexity index is 1580. The Hall–Kier alpha value is -5.31. The van der Waals surface area contributed by atoms with Crippen LogP contribution in [-0.2, 0) is 0 Å². The highest BCUT2D eigenvalue weighted by atomic mass is 16.5. The third kappa shape index (κ3) is 7.51. The van der Waals surface area contributed by atoms with Gasteiger partial charge in [-0.2, -0.15) is 0 Å². The summed E-state index contributed by atoms with van der Waals surface area (Å²) in [6.45, 7) is 0. The Morgan fingerprint density at radius 2 is 1.23 bits per heavy atom. The number of amides is 2. The molecular weight excluding hydrogens is 546 g/mol. The molecule has 0 heterocycles. The van der Waals surface area contributed by atoms with Crippen molar-refractivity contribution in [3.63, 3.8) is 0 Å². The molecule has 0 spiro atoms. The number of hydrogen-bond acceptors (Lipinski definition) is 6. The predicted molar refractivity (Wildman–Crippen MR) is 164 cm³/mol. The molecule has 0 bridgehead atoms. The van der Waals surface area contributed by atoms with Gasteiger partial charge >= 0.3 is 5.97 Å². The number of carboxylic acids is 1. The molecule has 0 atom stereocenters. The van der Waals surface area contributed by atoms with E-state index in [1.165, 1.54) is 6.07 Å². The molecule has 2 amide bonds. The van der Waals surface area contributed by atoms with Gasteiger partial charge in [0.15, 0.2) is 0 Å². The summed E-state index contributed by atoms with van der Waals surface area (Å²) in [5.41, 5.74) is 2.07. The van der Waals surface area contributed by atoms with Crippen LogP contribution in [0.4, 0.5) is 11.4 Å². The van der Waals surface area contributed by atoms with E-state index in [1.807, 2.05) is 55.6 Å². The van der Waals surface area contributed by atoms with Crippen molar-refractivity contribution in [1.82, 2.24) is 5.32 Å². The van der Waals surface area contributed by atoms with E-state index in [9.17, 15) is 19.5 Å². The zero-order valence-electron chi connectivity index (χ0n) is 23.7. The van der Waals surface area contributed by atoms with Gasteiger partial charge in [-0.15, -0.1) is 0 Å². The number of ether oxygens (including phenoxy) is 2. The van der Waals surface area contributed by atoms with E-state index in [0.29, 0.717) is 22.6 Å². The van der Waals surface area contributed by atoms with Gasteiger partial charge in [0.2, 0.25) is 0 Å². The van der Waals surface area contributed by atoms with Crippen LogP contribution >= 0.6 is 0 Å². The molecule has 0 unspecified atom stereocenters. The Balaban J connectivity index is 1.09. The highest BCUT2D eigenvalue weighted by Crippen LogP contribution is 2.28. The SMILES string of the molecule is CNc1ccccc1C(=O)NC1CCC(Oc2ccc(Oc3ccc(C(=O)Nc4ccccc4C(=O)O)cc3)cc2)CC1. The number of carbonyl (C=O) groups excluding carboxylic acids is 2. The number of aromatic carboxylic acids is 1. The first-order valence-corrected chi connectivity index (χ1v) is 14.2. The first-order chi connectivity index (χ1) is 20.9. The van der Waals surface area contributed by atoms with Crippen molar-refractivity contribution < 1.29 is 29.0 Å². The van der Waals surface area contributed by atoms with Crippen molar-refractivity contribution in [3.8, 4) is 17.2 Å². The van der Waals surface area contributed by atoms with Crippen molar-refractivity contribution in [2.75, 3.05) is 17.7 Å². The second-order valence-electron chi connectivity index (χ2n) is 10.3. The molecule has 1 fully saturated rings. The van der Waals surface area contributed by atoms with Crippen LogP contribution in [0.5, 0.6) is 17.2 Å². The zero-order valence-corrected chi connectivity index (χ0v) is 23.7. The van der Waals surface area contributed by atoms with Crippen LogP contribution in [0.25, 0.3) is 0 Å². The van der Waals surface area contributed by atoms with Gasteiger partial charge in [0, 0.05) is 24.3 Å². The molecule has 4 aromatic rings. The van der Waals surface area contributed by atoms with E-state index in [-0.39, 0.29) is 29.3 Å². The summed E-state index contributed by atoms with van der Waals surface area (Å²) in [6.07, 6.45) is 3.46. The number of para-hydroxylation sites is 2. The van der Waals surface area contributed by atoms with Gasteiger partial charge in [-0.3, -0.25) is 9.59 Å². The van der Waals surface area contributed by atoms with E-state index in [4.69, 9.17) is 9.47 Å². The van der Waals surface area contributed by atoms with Crippen molar-refractivity contribution in [2.45, 2.75) is 37.8 Å². The zero-order chi connectivity index (χ0) is 30.2.